The van der Waals surface area contributed by atoms with Crippen molar-refractivity contribution in [2.45, 2.75) is 260 Å². The van der Waals surface area contributed by atoms with Crippen molar-refractivity contribution >= 4 is 11.9 Å². The molecular weight excluding hydrogens is 679 g/mol. The molecule has 0 radical (unpaired) electrons. The van der Waals surface area contributed by atoms with Gasteiger partial charge in [0.25, 0.3) is 0 Å². The maximum absolute atomic E-state index is 12.5. The second-order valence-corrected chi connectivity index (χ2v) is 17.4. The van der Waals surface area contributed by atoms with E-state index in [1.54, 1.807) is 0 Å². The molecule has 5 nitrogen and oxygen atoms in total. The van der Waals surface area contributed by atoms with Crippen LogP contribution >= 0.6 is 0 Å². The molecule has 0 saturated carbocycles. The molecule has 328 valence electrons. The summed E-state index contributed by atoms with van der Waals surface area (Å²) in [4.78, 5) is 27.6. The molecule has 0 spiro atoms. The Morgan fingerprint density at radius 3 is 0.945 bits per heavy atom. The maximum Gasteiger partial charge on any atom is 0.306 e. The van der Waals surface area contributed by atoms with E-state index in [4.69, 9.17) is 9.47 Å². The zero-order valence-corrected chi connectivity index (χ0v) is 38.4. The first-order valence-electron chi connectivity index (χ1n) is 25.0. The van der Waals surface area contributed by atoms with Gasteiger partial charge in [-0.1, -0.05) is 196 Å². The number of carbonyl (C=O) groups excluding carboxylic acids is 2. The Bertz CT molecular complexity index is 721. The van der Waals surface area contributed by atoms with E-state index in [0.29, 0.717) is 37.9 Å². The van der Waals surface area contributed by atoms with Gasteiger partial charge in [0, 0.05) is 19.4 Å². The Morgan fingerprint density at radius 1 is 0.364 bits per heavy atom. The van der Waals surface area contributed by atoms with Gasteiger partial charge in [0.05, 0.1) is 13.2 Å². The summed E-state index contributed by atoms with van der Waals surface area (Å²) in [6.07, 6.45) is 41.5. The van der Waals surface area contributed by atoms with Crippen molar-refractivity contribution < 1.29 is 19.1 Å². The summed E-state index contributed by atoms with van der Waals surface area (Å²) in [5.41, 5.74) is 0. The summed E-state index contributed by atoms with van der Waals surface area (Å²) in [5, 5.41) is 0. The third-order valence-corrected chi connectivity index (χ3v) is 12.2. The molecule has 0 rings (SSSR count). The van der Waals surface area contributed by atoms with Crippen molar-refractivity contribution in [3.63, 3.8) is 0 Å². The fourth-order valence-corrected chi connectivity index (χ4v) is 8.40. The van der Waals surface area contributed by atoms with Crippen molar-refractivity contribution in [2.24, 2.45) is 17.8 Å². The standard InChI is InChI=1S/C50H99NO4/c1-7-13-27-35-46(36-28-14-8-2)43-49(52)54-41-33-25-21-17-19-23-31-39-48(45-51(11-5)12-6)40-32-24-20-18-22-26-34-42-55-50(53)44-47(37-29-15-9-3)38-30-16-10-4/h46-48H,7-45H2,1-6H3. The summed E-state index contributed by atoms with van der Waals surface area (Å²) in [7, 11) is 0. The molecule has 55 heavy (non-hydrogen) atoms. The lowest BCUT2D eigenvalue weighted by Gasteiger charge is -2.25. The number of hydrogen-bond acceptors (Lipinski definition) is 5. The summed E-state index contributed by atoms with van der Waals surface area (Å²) >= 11 is 0. The Hall–Kier alpha value is -1.10. The van der Waals surface area contributed by atoms with Crippen LogP contribution in [0.1, 0.15) is 260 Å². The monoisotopic (exact) mass is 778 g/mol. The van der Waals surface area contributed by atoms with Crippen LogP contribution in [0.25, 0.3) is 0 Å². The van der Waals surface area contributed by atoms with Gasteiger partial charge >= 0.3 is 11.9 Å². The first-order valence-corrected chi connectivity index (χ1v) is 25.0. The molecule has 5 heteroatoms. The van der Waals surface area contributed by atoms with Gasteiger partial charge in [-0.15, -0.1) is 0 Å². The highest BCUT2D eigenvalue weighted by Crippen LogP contribution is 2.24. The molecule has 0 saturated heterocycles. The fourth-order valence-electron chi connectivity index (χ4n) is 8.40. The van der Waals surface area contributed by atoms with Gasteiger partial charge in [0.15, 0.2) is 0 Å². The number of hydrogen-bond donors (Lipinski definition) is 0. The number of unbranched alkanes of at least 4 members (excludes halogenated alkanes) is 20. The molecule has 0 aliphatic rings. The van der Waals surface area contributed by atoms with Crippen molar-refractivity contribution in [3.05, 3.63) is 0 Å². The van der Waals surface area contributed by atoms with Gasteiger partial charge in [-0.3, -0.25) is 9.59 Å². The minimum Gasteiger partial charge on any atom is -0.466 e. The average Bonchev–Trinajstić information content (AvgIpc) is 3.18. The van der Waals surface area contributed by atoms with E-state index in [2.05, 4.69) is 46.4 Å². The Morgan fingerprint density at radius 2 is 0.636 bits per heavy atom. The molecule has 0 unspecified atom stereocenters. The van der Waals surface area contributed by atoms with Gasteiger partial charge in [-0.05, 0) is 82.2 Å². The molecule has 0 aromatic rings. The lowest BCUT2D eigenvalue weighted by atomic mass is 9.92. The van der Waals surface area contributed by atoms with Crippen LogP contribution in [0.2, 0.25) is 0 Å². The smallest absolute Gasteiger partial charge is 0.306 e. The van der Waals surface area contributed by atoms with E-state index in [9.17, 15) is 9.59 Å². The Labute approximate surface area is 345 Å². The third kappa shape index (κ3) is 37.0. The normalized spacial score (nSPS) is 11.8. The van der Waals surface area contributed by atoms with Crippen LogP contribution < -0.4 is 0 Å². The minimum absolute atomic E-state index is 0.0397. The van der Waals surface area contributed by atoms with E-state index in [-0.39, 0.29) is 11.9 Å². The summed E-state index contributed by atoms with van der Waals surface area (Å²) in [6, 6.07) is 0. The largest absolute Gasteiger partial charge is 0.466 e. The van der Waals surface area contributed by atoms with Crippen molar-refractivity contribution in [3.8, 4) is 0 Å². The molecule has 0 atom stereocenters. The lowest BCUT2D eigenvalue weighted by Crippen LogP contribution is -2.29. The highest BCUT2D eigenvalue weighted by molar-refractivity contribution is 5.70. The number of ether oxygens (including phenoxy) is 2. The average molecular weight is 778 g/mol. The van der Waals surface area contributed by atoms with E-state index in [1.807, 2.05) is 0 Å². The summed E-state index contributed by atoms with van der Waals surface area (Å²) < 4.78 is 11.3. The van der Waals surface area contributed by atoms with Crippen molar-refractivity contribution in [1.82, 2.24) is 4.90 Å². The van der Waals surface area contributed by atoms with Gasteiger partial charge in [-0.25, -0.2) is 0 Å². The van der Waals surface area contributed by atoms with Gasteiger partial charge < -0.3 is 14.4 Å². The number of carbonyl (C=O) groups is 2. The SMILES string of the molecule is CCCCCC(CCCCC)CC(=O)OCCCCCCCCCC(CCCCCCCCCOC(=O)CC(CCCCC)CCCCC)CN(CC)CC. The second kappa shape index (κ2) is 42.5. The van der Waals surface area contributed by atoms with E-state index >= 15 is 0 Å². The van der Waals surface area contributed by atoms with Gasteiger partial charge in [0.1, 0.15) is 0 Å². The van der Waals surface area contributed by atoms with Crippen molar-refractivity contribution in [2.75, 3.05) is 32.8 Å². The third-order valence-electron chi connectivity index (χ3n) is 12.2. The van der Waals surface area contributed by atoms with Crippen LogP contribution in [0, 0.1) is 17.8 Å². The maximum atomic E-state index is 12.5. The minimum atomic E-state index is 0.0397. The molecule has 0 heterocycles. The molecule has 0 amide bonds. The molecule has 0 N–H and O–H groups in total. The van der Waals surface area contributed by atoms with E-state index in [1.165, 1.54) is 199 Å². The molecule has 0 bridgehead atoms. The molecule has 0 fully saturated rings. The predicted molar refractivity (Wildman–Crippen MR) is 240 cm³/mol. The van der Waals surface area contributed by atoms with Crippen molar-refractivity contribution in [1.29, 1.82) is 0 Å². The topological polar surface area (TPSA) is 55.8 Å². The zero-order valence-electron chi connectivity index (χ0n) is 38.4. The zero-order chi connectivity index (χ0) is 40.5. The van der Waals surface area contributed by atoms with Gasteiger partial charge in [0.2, 0.25) is 0 Å². The Kier molecular flexibility index (Phi) is 41.7. The highest BCUT2D eigenvalue weighted by Gasteiger charge is 2.16. The van der Waals surface area contributed by atoms with Gasteiger partial charge in [-0.2, -0.15) is 0 Å². The van der Waals surface area contributed by atoms with Crippen LogP contribution in [0.5, 0.6) is 0 Å². The Balaban J connectivity index is 4.07. The molecule has 0 aromatic heterocycles. The van der Waals surface area contributed by atoms with Crippen LogP contribution in [0.15, 0.2) is 0 Å². The quantitative estimate of drug-likeness (QED) is 0.0455. The first-order chi connectivity index (χ1) is 26.9. The highest BCUT2D eigenvalue weighted by atomic mass is 16.5. The molecular formula is C50H99NO4. The van der Waals surface area contributed by atoms with Crippen LogP contribution in [0.4, 0.5) is 0 Å². The van der Waals surface area contributed by atoms with E-state index < -0.39 is 0 Å². The summed E-state index contributed by atoms with van der Waals surface area (Å²) in [6.45, 7) is 18.4. The lowest BCUT2D eigenvalue weighted by molar-refractivity contribution is -0.146. The number of nitrogens with zero attached hydrogens (tertiary/aromatic N) is 1. The first kappa shape index (κ1) is 53.9. The predicted octanol–water partition coefficient (Wildman–Crippen LogP) is 15.6. The molecule has 0 aliphatic carbocycles. The van der Waals surface area contributed by atoms with Crippen LogP contribution in [-0.2, 0) is 19.1 Å². The van der Waals surface area contributed by atoms with Crippen LogP contribution in [-0.4, -0.2) is 49.7 Å². The fraction of sp³-hybridized carbons (Fsp3) is 0.960. The molecule has 0 aromatic carbocycles. The summed E-state index contributed by atoms with van der Waals surface area (Å²) in [5.74, 6) is 1.95. The number of esters is 2. The number of rotatable bonds is 44. The van der Waals surface area contributed by atoms with E-state index in [0.717, 1.165) is 31.8 Å². The molecule has 0 aliphatic heterocycles. The second-order valence-electron chi connectivity index (χ2n) is 17.4. The van der Waals surface area contributed by atoms with Crippen LogP contribution in [0.3, 0.4) is 0 Å².